The number of aliphatic hydroxyl groups is 1. The quantitative estimate of drug-likeness (QED) is 0.807. The van der Waals surface area contributed by atoms with Gasteiger partial charge in [0.2, 0.25) is 0 Å². The van der Waals surface area contributed by atoms with E-state index in [1.54, 1.807) is 30.5 Å². The molecule has 110 valence electrons. The number of pyridine rings is 1. The highest BCUT2D eigenvalue weighted by Gasteiger charge is 2.13. The smallest absolute Gasteiger partial charge is 0.319 e. The number of nitrogens with one attached hydrogen (secondary N) is 2. The molecule has 21 heavy (non-hydrogen) atoms. The maximum absolute atomic E-state index is 11.7. The lowest BCUT2D eigenvalue weighted by Gasteiger charge is -2.14. The molecular weight excluding hydrogens is 313 g/mol. The van der Waals surface area contributed by atoms with E-state index in [1.807, 2.05) is 0 Å². The van der Waals surface area contributed by atoms with E-state index in [0.717, 1.165) is 0 Å². The number of nitrogens with zero attached hydrogens (tertiary/aromatic N) is 1. The Labute approximate surface area is 131 Å². The predicted octanol–water partition coefficient (Wildman–Crippen LogP) is 3.24. The van der Waals surface area contributed by atoms with E-state index in [-0.39, 0.29) is 6.54 Å². The highest BCUT2D eigenvalue weighted by molar-refractivity contribution is 6.35. The number of hydrogen-bond donors (Lipinski definition) is 3. The van der Waals surface area contributed by atoms with Gasteiger partial charge >= 0.3 is 6.03 Å². The number of hydrogen-bond acceptors (Lipinski definition) is 3. The molecule has 0 bridgehead atoms. The third-order valence-corrected chi connectivity index (χ3v) is 3.26. The maximum Gasteiger partial charge on any atom is 0.319 e. The van der Waals surface area contributed by atoms with Crippen LogP contribution in [-0.2, 0) is 0 Å². The van der Waals surface area contributed by atoms with Gasteiger partial charge in [-0.05, 0) is 24.3 Å². The van der Waals surface area contributed by atoms with Gasteiger partial charge in [0.25, 0.3) is 0 Å². The van der Waals surface area contributed by atoms with Crippen molar-refractivity contribution in [1.82, 2.24) is 10.3 Å². The minimum absolute atomic E-state index is 0.0213. The van der Waals surface area contributed by atoms with Crippen LogP contribution in [0.5, 0.6) is 0 Å². The number of benzene rings is 1. The third-order valence-electron chi connectivity index (χ3n) is 2.70. The number of anilines is 1. The van der Waals surface area contributed by atoms with E-state index in [4.69, 9.17) is 23.2 Å². The number of aromatic nitrogens is 1. The van der Waals surface area contributed by atoms with Crippen LogP contribution in [0.25, 0.3) is 0 Å². The van der Waals surface area contributed by atoms with Gasteiger partial charge in [-0.25, -0.2) is 4.79 Å². The first-order chi connectivity index (χ1) is 10.1. The highest BCUT2D eigenvalue weighted by atomic mass is 35.5. The van der Waals surface area contributed by atoms with Crippen LogP contribution < -0.4 is 10.6 Å². The van der Waals surface area contributed by atoms with Crippen LogP contribution in [-0.4, -0.2) is 22.7 Å². The molecular formula is C14H13Cl2N3O2. The minimum Gasteiger partial charge on any atom is -0.387 e. The molecule has 2 rings (SSSR count). The lowest BCUT2D eigenvalue weighted by Crippen LogP contribution is -2.32. The summed E-state index contributed by atoms with van der Waals surface area (Å²) in [5.74, 6) is 0. The van der Waals surface area contributed by atoms with Gasteiger partial charge in [-0.1, -0.05) is 29.3 Å². The Balaban J connectivity index is 1.89. The second-order valence-corrected chi connectivity index (χ2v) is 5.10. The first-order valence-corrected chi connectivity index (χ1v) is 6.90. The fourth-order valence-corrected chi connectivity index (χ4v) is 2.22. The van der Waals surface area contributed by atoms with Crippen molar-refractivity contribution in [2.75, 3.05) is 11.9 Å². The van der Waals surface area contributed by atoms with Crippen molar-refractivity contribution in [3.63, 3.8) is 0 Å². The van der Waals surface area contributed by atoms with E-state index in [1.165, 1.54) is 12.3 Å². The van der Waals surface area contributed by atoms with E-state index < -0.39 is 12.1 Å². The molecule has 7 heteroatoms. The largest absolute Gasteiger partial charge is 0.387 e. The summed E-state index contributed by atoms with van der Waals surface area (Å²) in [6, 6.07) is 7.76. The first-order valence-electron chi connectivity index (χ1n) is 6.14. The molecule has 3 N–H and O–H groups in total. The Morgan fingerprint density at radius 3 is 2.81 bits per heavy atom. The van der Waals surface area contributed by atoms with Crippen LogP contribution in [0.15, 0.2) is 42.7 Å². The Morgan fingerprint density at radius 1 is 1.33 bits per heavy atom. The van der Waals surface area contributed by atoms with Crippen LogP contribution in [0.1, 0.15) is 11.7 Å². The van der Waals surface area contributed by atoms with E-state index in [9.17, 15) is 9.90 Å². The summed E-state index contributed by atoms with van der Waals surface area (Å²) in [5.41, 5.74) is 1.07. The number of urea groups is 1. The van der Waals surface area contributed by atoms with Gasteiger partial charge < -0.3 is 15.7 Å². The number of halogens is 2. The molecule has 0 radical (unpaired) electrons. The summed E-state index contributed by atoms with van der Waals surface area (Å²) < 4.78 is 0. The Hall–Kier alpha value is -1.82. The van der Waals surface area contributed by atoms with Crippen molar-refractivity contribution in [2.24, 2.45) is 0 Å². The molecule has 0 saturated carbocycles. The van der Waals surface area contributed by atoms with Crippen LogP contribution in [0.4, 0.5) is 10.5 Å². The summed E-state index contributed by atoms with van der Waals surface area (Å²) in [4.78, 5) is 15.6. The second-order valence-electron chi connectivity index (χ2n) is 4.26. The summed E-state index contributed by atoms with van der Waals surface area (Å²) in [7, 11) is 0. The number of amides is 2. The molecule has 0 aliphatic carbocycles. The van der Waals surface area contributed by atoms with Gasteiger partial charge in [-0.3, -0.25) is 4.98 Å². The van der Waals surface area contributed by atoms with Gasteiger partial charge in [0.1, 0.15) is 0 Å². The molecule has 0 aliphatic rings. The molecule has 1 aromatic heterocycles. The van der Waals surface area contributed by atoms with Gasteiger partial charge in [-0.2, -0.15) is 0 Å². The highest BCUT2D eigenvalue weighted by Crippen LogP contribution is 2.25. The Kier molecular flexibility index (Phi) is 5.38. The van der Waals surface area contributed by atoms with Crippen molar-refractivity contribution in [3.05, 3.63) is 58.3 Å². The number of rotatable bonds is 4. The van der Waals surface area contributed by atoms with Crippen molar-refractivity contribution in [3.8, 4) is 0 Å². The monoisotopic (exact) mass is 325 g/mol. The van der Waals surface area contributed by atoms with Gasteiger partial charge in [0.15, 0.2) is 0 Å². The average Bonchev–Trinajstić information content (AvgIpc) is 2.46. The topological polar surface area (TPSA) is 74.2 Å². The zero-order valence-corrected chi connectivity index (χ0v) is 12.4. The molecule has 0 aliphatic heterocycles. The summed E-state index contributed by atoms with van der Waals surface area (Å²) in [6.45, 7) is 0.0213. The lowest BCUT2D eigenvalue weighted by atomic mass is 10.1. The number of carbonyl (C=O) groups excluding carboxylic acids is 1. The Morgan fingerprint density at radius 2 is 2.14 bits per heavy atom. The first kappa shape index (κ1) is 15.6. The van der Waals surface area contributed by atoms with E-state index in [2.05, 4.69) is 15.6 Å². The van der Waals surface area contributed by atoms with Gasteiger partial charge in [0, 0.05) is 28.4 Å². The van der Waals surface area contributed by atoms with Crippen molar-refractivity contribution < 1.29 is 9.90 Å². The van der Waals surface area contributed by atoms with Crippen LogP contribution in [0.2, 0.25) is 10.0 Å². The minimum atomic E-state index is -0.922. The van der Waals surface area contributed by atoms with Crippen LogP contribution >= 0.6 is 23.2 Å². The summed E-state index contributed by atoms with van der Waals surface area (Å²) in [6.07, 6.45) is 2.20. The molecule has 1 unspecified atom stereocenters. The third kappa shape index (κ3) is 4.60. The average molecular weight is 326 g/mol. The zero-order chi connectivity index (χ0) is 15.2. The van der Waals surface area contributed by atoms with Crippen molar-refractivity contribution in [2.45, 2.75) is 6.10 Å². The molecule has 1 heterocycles. The molecule has 0 saturated heterocycles. The maximum atomic E-state index is 11.7. The molecule has 0 fully saturated rings. The van der Waals surface area contributed by atoms with Crippen molar-refractivity contribution >= 4 is 34.9 Å². The summed E-state index contributed by atoms with van der Waals surface area (Å²) >= 11 is 11.8. The molecule has 5 nitrogen and oxygen atoms in total. The van der Waals surface area contributed by atoms with Gasteiger partial charge in [-0.15, -0.1) is 0 Å². The van der Waals surface area contributed by atoms with Crippen LogP contribution in [0, 0.1) is 0 Å². The van der Waals surface area contributed by atoms with Crippen LogP contribution in [0.3, 0.4) is 0 Å². The fraction of sp³-hybridized carbons (Fsp3) is 0.143. The molecule has 1 atom stereocenters. The predicted molar refractivity (Wildman–Crippen MR) is 82.7 cm³/mol. The van der Waals surface area contributed by atoms with Crippen molar-refractivity contribution in [1.29, 1.82) is 0 Å². The van der Waals surface area contributed by atoms with E-state index >= 15 is 0 Å². The summed E-state index contributed by atoms with van der Waals surface area (Å²) in [5, 5.41) is 16.0. The lowest BCUT2D eigenvalue weighted by molar-refractivity contribution is 0.175. The second kappa shape index (κ2) is 7.26. The molecule has 0 spiro atoms. The van der Waals surface area contributed by atoms with Gasteiger partial charge in [0.05, 0.1) is 18.0 Å². The fourth-order valence-electron chi connectivity index (χ4n) is 1.68. The number of carbonyl (C=O) groups is 1. The number of aliphatic hydroxyl groups excluding tert-OH is 1. The SMILES string of the molecule is O=C(NCC(O)c1ccc(Cl)cc1Cl)Nc1cccnc1. The molecule has 2 aromatic rings. The Bertz CT molecular complexity index is 623. The van der Waals surface area contributed by atoms with E-state index in [0.29, 0.717) is 21.3 Å². The molecule has 2 amide bonds. The zero-order valence-electron chi connectivity index (χ0n) is 10.9. The normalized spacial score (nSPS) is 11.8. The standard InChI is InChI=1S/C14H13Cl2N3O2/c15-9-3-4-11(12(16)6-9)13(20)8-18-14(21)19-10-2-1-5-17-7-10/h1-7,13,20H,8H2,(H2,18,19,21). The molecule has 1 aromatic carbocycles.